The third kappa shape index (κ3) is 2.31. The van der Waals surface area contributed by atoms with Crippen molar-refractivity contribution >= 4 is 5.91 Å². The molecule has 1 aliphatic heterocycles. The van der Waals surface area contributed by atoms with Crippen LogP contribution in [0.4, 0.5) is 0 Å². The zero-order chi connectivity index (χ0) is 12.3. The highest BCUT2D eigenvalue weighted by molar-refractivity contribution is 5.83. The van der Waals surface area contributed by atoms with Gasteiger partial charge in [-0.1, -0.05) is 0 Å². The van der Waals surface area contributed by atoms with Crippen LogP contribution < -0.4 is 14.8 Å². The molecule has 5 heteroatoms. The van der Waals surface area contributed by atoms with Crippen LogP contribution in [0.5, 0.6) is 11.5 Å². The van der Waals surface area contributed by atoms with Crippen molar-refractivity contribution in [2.24, 2.45) is 0 Å². The van der Waals surface area contributed by atoms with Crippen LogP contribution in [0.3, 0.4) is 0 Å². The lowest BCUT2D eigenvalue weighted by Gasteiger charge is -2.14. The van der Waals surface area contributed by atoms with Gasteiger partial charge in [0.05, 0.1) is 18.7 Å². The first-order valence-corrected chi connectivity index (χ1v) is 5.27. The number of ether oxygens (including phenoxy) is 2. The smallest absolute Gasteiger partial charge is 0.261 e. The Labute approximate surface area is 98.9 Å². The molecule has 0 radical (unpaired) electrons. The molecule has 5 nitrogen and oxygen atoms in total. The van der Waals surface area contributed by atoms with Gasteiger partial charge in [-0.2, -0.15) is 5.26 Å². The van der Waals surface area contributed by atoms with Crippen molar-refractivity contribution in [1.29, 1.82) is 5.26 Å². The summed E-state index contributed by atoms with van der Waals surface area (Å²) in [5, 5.41) is 11.5. The van der Waals surface area contributed by atoms with Crippen LogP contribution >= 0.6 is 0 Å². The van der Waals surface area contributed by atoms with Gasteiger partial charge in [0.15, 0.2) is 17.6 Å². The van der Waals surface area contributed by atoms with Crippen molar-refractivity contribution in [2.75, 3.05) is 13.7 Å². The summed E-state index contributed by atoms with van der Waals surface area (Å²) in [6, 6.07) is 6.89. The maximum absolute atomic E-state index is 11.4. The van der Waals surface area contributed by atoms with Gasteiger partial charge in [-0.05, 0) is 12.1 Å². The van der Waals surface area contributed by atoms with Gasteiger partial charge in [-0.15, -0.1) is 0 Å². The highest BCUT2D eigenvalue weighted by Crippen LogP contribution is 2.29. The Morgan fingerprint density at radius 3 is 2.88 bits per heavy atom. The maximum atomic E-state index is 11.4. The molecule has 0 spiro atoms. The first kappa shape index (κ1) is 11.3. The van der Waals surface area contributed by atoms with Gasteiger partial charge in [0.1, 0.15) is 0 Å². The molecule has 0 aromatic heterocycles. The largest absolute Gasteiger partial charge is 0.493 e. The number of nitriles is 1. The number of hydrogen-bond acceptors (Lipinski definition) is 4. The van der Waals surface area contributed by atoms with Crippen LogP contribution in [-0.4, -0.2) is 25.7 Å². The lowest BCUT2D eigenvalue weighted by atomic mass is 10.2. The molecule has 0 aliphatic carbocycles. The quantitative estimate of drug-likeness (QED) is 0.838. The SMILES string of the molecule is COc1ccc(C#N)cc1OC1CCNC1=O. The van der Waals surface area contributed by atoms with E-state index in [9.17, 15) is 4.79 Å². The van der Waals surface area contributed by atoms with Crippen LogP contribution in [0.15, 0.2) is 18.2 Å². The number of amides is 1. The third-order valence-electron chi connectivity index (χ3n) is 2.56. The van der Waals surface area contributed by atoms with E-state index in [0.717, 1.165) is 0 Å². The monoisotopic (exact) mass is 232 g/mol. The molecule has 0 saturated carbocycles. The summed E-state index contributed by atoms with van der Waals surface area (Å²) in [7, 11) is 1.52. The van der Waals surface area contributed by atoms with E-state index >= 15 is 0 Å². The minimum absolute atomic E-state index is 0.130. The average Bonchev–Trinajstić information content (AvgIpc) is 2.75. The zero-order valence-corrected chi connectivity index (χ0v) is 9.40. The molecular weight excluding hydrogens is 220 g/mol. The van der Waals surface area contributed by atoms with Gasteiger partial charge >= 0.3 is 0 Å². The summed E-state index contributed by atoms with van der Waals surface area (Å²) in [5.74, 6) is 0.812. The Morgan fingerprint density at radius 1 is 1.47 bits per heavy atom. The Balaban J connectivity index is 2.24. The molecule has 17 heavy (non-hydrogen) atoms. The first-order valence-electron chi connectivity index (χ1n) is 5.27. The number of benzene rings is 1. The molecule has 2 rings (SSSR count). The number of methoxy groups -OCH3 is 1. The topological polar surface area (TPSA) is 71.3 Å². The minimum atomic E-state index is -0.502. The van der Waals surface area contributed by atoms with Crippen molar-refractivity contribution in [2.45, 2.75) is 12.5 Å². The molecule has 1 N–H and O–H groups in total. The number of rotatable bonds is 3. The van der Waals surface area contributed by atoms with E-state index in [1.165, 1.54) is 7.11 Å². The lowest BCUT2D eigenvalue weighted by Crippen LogP contribution is -2.27. The predicted molar refractivity (Wildman–Crippen MR) is 59.8 cm³/mol. The maximum Gasteiger partial charge on any atom is 0.261 e. The standard InChI is InChI=1S/C12H12N2O3/c1-16-9-3-2-8(7-13)6-11(9)17-10-4-5-14-12(10)15/h2-3,6,10H,4-5H2,1H3,(H,14,15). The van der Waals surface area contributed by atoms with Crippen LogP contribution in [0.25, 0.3) is 0 Å². The number of carbonyl (C=O) groups excluding carboxylic acids is 1. The van der Waals surface area contributed by atoms with Crippen molar-refractivity contribution in [3.05, 3.63) is 23.8 Å². The van der Waals surface area contributed by atoms with Gasteiger partial charge in [-0.3, -0.25) is 4.79 Å². The number of hydrogen-bond donors (Lipinski definition) is 1. The Bertz CT molecular complexity index is 479. The Kier molecular flexibility index (Phi) is 3.15. The fourth-order valence-electron chi connectivity index (χ4n) is 1.68. The number of carbonyl (C=O) groups is 1. The average molecular weight is 232 g/mol. The van der Waals surface area contributed by atoms with E-state index in [1.54, 1.807) is 18.2 Å². The molecule has 1 aromatic rings. The molecule has 1 amide bonds. The van der Waals surface area contributed by atoms with Crippen molar-refractivity contribution in [1.82, 2.24) is 5.32 Å². The van der Waals surface area contributed by atoms with Gasteiger partial charge < -0.3 is 14.8 Å². The molecule has 0 bridgehead atoms. The summed E-state index contributed by atoms with van der Waals surface area (Å²) in [4.78, 5) is 11.4. The van der Waals surface area contributed by atoms with Crippen LogP contribution in [0.1, 0.15) is 12.0 Å². The second-order valence-electron chi connectivity index (χ2n) is 3.66. The normalized spacial score (nSPS) is 18.4. The molecule has 1 aromatic carbocycles. The predicted octanol–water partition coefficient (Wildman–Crippen LogP) is 0.834. The molecular formula is C12H12N2O3. The zero-order valence-electron chi connectivity index (χ0n) is 9.40. The van der Waals surface area contributed by atoms with Gasteiger partial charge in [0.2, 0.25) is 0 Å². The minimum Gasteiger partial charge on any atom is -0.493 e. The summed E-state index contributed by atoms with van der Waals surface area (Å²) in [5.41, 5.74) is 0.471. The van der Waals surface area contributed by atoms with Crippen molar-refractivity contribution < 1.29 is 14.3 Å². The molecule has 1 aliphatic rings. The Hall–Kier alpha value is -2.22. The lowest BCUT2D eigenvalue weighted by molar-refractivity contribution is -0.124. The molecule has 1 fully saturated rings. The molecule has 1 unspecified atom stereocenters. The Morgan fingerprint density at radius 2 is 2.29 bits per heavy atom. The van der Waals surface area contributed by atoms with E-state index in [-0.39, 0.29) is 5.91 Å². The molecule has 1 saturated heterocycles. The fraction of sp³-hybridized carbons (Fsp3) is 0.333. The highest BCUT2D eigenvalue weighted by atomic mass is 16.5. The van der Waals surface area contributed by atoms with Gasteiger partial charge in [-0.25, -0.2) is 0 Å². The van der Waals surface area contributed by atoms with Crippen molar-refractivity contribution in [3.63, 3.8) is 0 Å². The van der Waals surface area contributed by atoms with Gasteiger partial charge in [0.25, 0.3) is 5.91 Å². The van der Waals surface area contributed by atoms with E-state index in [2.05, 4.69) is 5.32 Å². The van der Waals surface area contributed by atoms with Crippen molar-refractivity contribution in [3.8, 4) is 17.6 Å². The molecule has 88 valence electrons. The summed E-state index contributed by atoms with van der Waals surface area (Å²) in [6.45, 7) is 0.615. The number of nitrogens with one attached hydrogen (secondary N) is 1. The summed E-state index contributed by atoms with van der Waals surface area (Å²) >= 11 is 0. The summed E-state index contributed by atoms with van der Waals surface area (Å²) < 4.78 is 10.7. The molecule has 1 atom stereocenters. The van der Waals surface area contributed by atoms with E-state index in [1.807, 2.05) is 6.07 Å². The van der Waals surface area contributed by atoms with Crippen LogP contribution in [-0.2, 0) is 4.79 Å². The second kappa shape index (κ2) is 4.74. The van der Waals surface area contributed by atoms with E-state index in [0.29, 0.717) is 30.0 Å². The van der Waals surface area contributed by atoms with Gasteiger partial charge in [0, 0.05) is 19.0 Å². The first-order chi connectivity index (χ1) is 8.24. The molecule has 1 heterocycles. The highest BCUT2D eigenvalue weighted by Gasteiger charge is 2.26. The van der Waals surface area contributed by atoms with E-state index < -0.39 is 6.10 Å². The second-order valence-corrected chi connectivity index (χ2v) is 3.66. The van der Waals surface area contributed by atoms with Crippen LogP contribution in [0.2, 0.25) is 0 Å². The fourth-order valence-corrected chi connectivity index (χ4v) is 1.68. The van der Waals surface area contributed by atoms with E-state index in [4.69, 9.17) is 14.7 Å². The van der Waals surface area contributed by atoms with Crippen LogP contribution in [0, 0.1) is 11.3 Å². The number of nitrogens with zero attached hydrogens (tertiary/aromatic N) is 1. The summed E-state index contributed by atoms with van der Waals surface area (Å²) in [6.07, 6.45) is 0.122. The third-order valence-corrected chi connectivity index (χ3v) is 2.56.